The number of benzene rings is 2. The summed E-state index contributed by atoms with van der Waals surface area (Å²) in [6.07, 6.45) is 5.89. The molecular formula is C25H24BrFN6. The van der Waals surface area contributed by atoms with Gasteiger partial charge in [-0.15, -0.1) is 0 Å². The van der Waals surface area contributed by atoms with E-state index in [0.717, 1.165) is 58.9 Å². The Labute approximate surface area is 200 Å². The van der Waals surface area contributed by atoms with Gasteiger partial charge in [0.15, 0.2) is 5.82 Å². The minimum Gasteiger partial charge on any atom is -0.326 e. The lowest BCUT2D eigenvalue weighted by Gasteiger charge is -2.30. The van der Waals surface area contributed by atoms with Gasteiger partial charge in [0, 0.05) is 34.2 Å². The summed E-state index contributed by atoms with van der Waals surface area (Å²) in [6.45, 7) is 2.07. The van der Waals surface area contributed by atoms with Crippen LogP contribution in [0.3, 0.4) is 0 Å². The third-order valence-electron chi connectivity index (χ3n) is 5.92. The molecule has 0 bridgehead atoms. The smallest absolute Gasteiger partial charge is 0.227 e. The van der Waals surface area contributed by atoms with Crippen LogP contribution in [0.15, 0.2) is 71.5 Å². The zero-order chi connectivity index (χ0) is 22.8. The van der Waals surface area contributed by atoms with Gasteiger partial charge in [0.25, 0.3) is 0 Å². The first kappa shape index (κ1) is 21.7. The molecule has 1 aliphatic heterocycles. The second kappa shape index (κ2) is 9.41. The molecule has 2 aromatic carbocycles. The maximum atomic E-state index is 13.5. The van der Waals surface area contributed by atoms with Gasteiger partial charge in [-0.1, -0.05) is 22.0 Å². The Kier molecular flexibility index (Phi) is 6.20. The molecule has 1 fully saturated rings. The lowest BCUT2D eigenvalue weighted by Crippen LogP contribution is -2.31. The van der Waals surface area contributed by atoms with Crippen molar-refractivity contribution in [2.45, 2.75) is 18.9 Å². The van der Waals surface area contributed by atoms with E-state index < -0.39 is 0 Å². The second-order valence-corrected chi connectivity index (χ2v) is 9.21. The van der Waals surface area contributed by atoms with Crippen molar-refractivity contribution in [3.8, 4) is 22.8 Å². The zero-order valence-electron chi connectivity index (χ0n) is 18.2. The number of likely N-dealkylation sites (tertiary alicyclic amines) is 1. The van der Waals surface area contributed by atoms with Crippen molar-refractivity contribution in [1.29, 1.82) is 0 Å². The molecule has 3 heterocycles. The highest BCUT2D eigenvalue weighted by atomic mass is 79.9. The maximum Gasteiger partial charge on any atom is 0.227 e. The predicted octanol–water partition coefficient (Wildman–Crippen LogP) is 5.92. The molecule has 0 saturated carbocycles. The van der Waals surface area contributed by atoms with Gasteiger partial charge >= 0.3 is 0 Å². The maximum absolute atomic E-state index is 13.5. The number of anilines is 2. The minimum atomic E-state index is -0.257. The van der Waals surface area contributed by atoms with Gasteiger partial charge < -0.3 is 14.8 Å². The molecule has 8 heteroatoms. The van der Waals surface area contributed by atoms with Crippen LogP contribution in [0.25, 0.3) is 22.8 Å². The highest BCUT2D eigenvalue weighted by Gasteiger charge is 2.23. The number of aromatic nitrogens is 4. The topological polar surface area (TPSA) is 58.9 Å². The molecule has 0 amide bonds. The van der Waals surface area contributed by atoms with E-state index in [1.54, 1.807) is 18.3 Å². The van der Waals surface area contributed by atoms with Crippen LogP contribution in [0.1, 0.15) is 18.9 Å². The van der Waals surface area contributed by atoms with E-state index >= 15 is 0 Å². The Morgan fingerprint density at radius 3 is 2.55 bits per heavy atom. The predicted molar refractivity (Wildman–Crippen MR) is 132 cm³/mol. The molecule has 168 valence electrons. The van der Waals surface area contributed by atoms with Gasteiger partial charge in [-0.05, 0) is 81.5 Å². The van der Waals surface area contributed by atoms with Crippen molar-refractivity contribution in [2.75, 3.05) is 25.5 Å². The first-order valence-electron chi connectivity index (χ1n) is 10.9. The van der Waals surface area contributed by atoms with Crippen LogP contribution in [-0.4, -0.2) is 44.6 Å². The molecule has 2 aromatic heterocycles. The van der Waals surface area contributed by atoms with Crippen LogP contribution < -0.4 is 5.32 Å². The Hall–Kier alpha value is -3.10. The summed E-state index contributed by atoms with van der Waals surface area (Å²) in [7, 11) is 2.15. The van der Waals surface area contributed by atoms with Crippen LogP contribution in [0.5, 0.6) is 0 Å². The highest BCUT2D eigenvalue weighted by Crippen LogP contribution is 2.32. The van der Waals surface area contributed by atoms with Crippen LogP contribution in [-0.2, 0) is 0 Å². The van der Waals surface area contributed by atoms with Crippen molar-refractivity contribution in [3.63, 3.8) is 0 Å². The number of nitrogens with zero attached hydrogens (tertiary/aromatic N) is 5. The lowest BCUT2D eigenvalue weighted by molar-refractivity contribution is 0.222. The molecule has 1 N–H and O–H groups in total. The van der Waals surface area contributed by atoms with E-state index in [4.69, 9.17) is 9.97 Å². The van der Waals surface area contributed by atoms with Gasteiger partial charge in [-0.2, -0.15) is 0 Å². The normalized spacial score (nSPS) is 15.0. The molecule has 33 heavy (non-hydrogen) atoms. The second-order valence-electron chi connectivity index (χ2n) is 8.30. The van der Waals surface area contributed by atoms with Crippen LogP contribution >= 0.6 is 15.9 Å². The Morgan fingerprint density at radius 2 is 1.79 bits per heavy atom. The van der Waals surface area contributed by atoms with Crippen molar-refractivity contribution in [1.82, 2.24) is 24.4 Å². The molecular weight excluding hydrogens is 483 g/mol. The number of piperidine rings is 1. The monoisotopic (exact) mass is 506 g/mol. The molecule has 4 aromatic rings. The quantitative estimate of drug-likeness (QED) is 0.364. The van der Waals surface area contributed by atoms with Gasteiger partial charge in [-0.25, -0.2) is 19.3 Å². The Morgan fingerprint density at radius 1 is 1.00 bits per heavy atom. The number of halogens is 2. The number of hydrogen-bond acceptors (Lipinski definition) is 5. The van der Waals surface area contributed by atoms with Crippen molar-refractivity contribution in [2.24, 2.45) is 0 Å². The van der Waals surface area contributed by atoms with Crippen molar-refractivity contribution < 1.29 is 4.39 Å². The first-order valence-corrected chi connectivity index (χ1v) is 11.7. The highest BCUT2D eigenvalue weighted by molar-refractivity contribution is 9.10. The van der Waals surface area contributed by atoms with E-state index in [9.17, 15) is 4.39 Å². The van der Waals surface area contributed by atoms with E-state index in [0.29, 0.717) is 12.0 Å². The third-order valence-corrected chi connectivity index (χ3v) is 6.41. The van der Waals surface area contributed by atoms with E-state index in [1.165, 1.54) is 12.1 Å². The van der Waals surface area contributed by atoms with Gasteiger partial charge in [0.05, 0.1) is 5.69 Å². The summed E-state index contributed by atoms with van der Waals surface area (Å²) >= 11 is 3.49. The molecule has 0 aliphatic carbocycles. The van der Waals surface area contributed by atoms with Crippen molar-refractivity contribution in [3.05, 3.63) is 77.3 Å². The Bertz CT molecular complexity index is 1250. The van der Waals surface area contributed by atoms with E-state index in [-0.39, 0.29) is 5.82 Å². The summed E-state index contributed by atoms with van der Waals surface area (Å²) in [6, 6.07) is 16.5. The summed E-state index contributed by atoms with van der Waals surface area (Å²) in [5, 5.41) is 3.27. The summed E-state index contributed by atoms with van der Waals surface area (Å²) in [5.74, 6) is 1.04. The number of rotatable bonds is 5. The number of nitrogens with one attached hydrogen (secondary N) is 1. The lowest BCUT2D eigenvalue weighted by atomic mass is 10.1. The van der Waals surface area contributed by atoms with E-state index in [1.807, 2.05) is 30.3 Å². The molecule has 1 saturated heterocycles. The van der Waals surface area contributed by atoms with Gasteiger partial charge in [-0.3, -0.25) is 0 Å². The minimum absolute atomic E-state index is 0.257. The first-order chi connectivity index (χ1) is 16.0. The van der Waals surface area contributed by atoms with Crippen LogP contribution in [0.4, 0.5) is 16.0 Å². The van der Waals surface area contributed by atoms with Gasteiger partial charge in [0.1, 0.15) is 11.5 Å². The molecule has 0 atom stereocenters. The summed E-state index contributed by atoms with van der Waals surface area (Å²) in [4.78, 5) is 16.4. The standard InChI is InChI=1S/C25H24BrFN6/c1-32-13-10-21(11-14-32)33-16-23(17-5-7-19(27)8-6-17)30-24(33)22-9-12-28-25(31-22)29-20-4-2-3-18(26)15-20/h2-9,12,15-16,21H,10-11,13-14H2,1H3,(H,28,29,31). The fraction of sp³-hybridized carbons (Fsp3) is 0.240. The number of imidazole rings is 1. The fourth-order valence-electron chi connectivity index (χ4n) is 4.13. The third kappa shape index (κ3) is 4.96. The SMILES string of the molecule is CN1CCC(n2cc(-c3ccc(F)cc3)nc2-c2ccnc(Nc3cccc(Br)c3)n2)CC1. The fourth-order valence-corrected chi connectivity index (χ4v) is 4.53. The van der Waals surface area contributed by atoms with Crippen LogP contribution in [0.2, 0.25) is 0 Å². The molecule has 0 unspecified atom stereocenters. The molecule has 0 spiro atoms. The zero-order valence-corrected chi connectivity index (χ0v) is 19.8. The average Bonchev–Trinajstić information content (AvgIpc) is 3.26. The Balaban J connectivity index is 1.52. The average molecular weight is 507 g/mol. The molecule has 1 aliphatic rings. The largest absolute Gasteiger partial charge is 0.326 e. The van der Waals surface area contributed by atoms with E-state index in [2.05, 4.69) is 48.9 Å². The summed E-state index contributed by atoms with van der Waals surface area (Å²) in [5.41, 5.74) is 3.33. The van der Waals surface area contributed by atoms with Gasteiger partial charge in [0.2, 0.25) is 5.95 Å². The van der Waals surface area contributed by atoms with Crippen LogP contribution in [0, 0.1) is 5.82 Å². The number of hydrogen-bond donors (Lipinski definition) is 1. The van der Waals surface area contributed by atoms with Crippen molar-refractivity contribution >= 4 is 27.6 Å². The summed E-state index contributed by atoms with van der Waals surface area (Å²) < 4.78 is 16.7. The molecule has 5 rings (SSSR count). The molecule has 6 nitrogen and oxygen atoms in total. The molecule has 0 radical (unpaired) electrons.